The van der Waals surface area contributed by atoms with Crippen molar-refractivity contribution in [2.45, 2.75) is 18.7 Å². The quantitative estimate of drug-likeness (QED) is 0.724. The summed E-state index contributed by atoms with van der Waals surface area (Å²) in [6, 6.07) is 11.4. The molecule has 8 nitrogen and oxygen atoms in total. The third-order valence-corrected chi connectivity index (χ3v) is 4.89. The summed E-state index contributed by atoms with van der Waals surface area (Å²) in [5, 5.41) is 11.0. The standard InChI is InChI=1S/C16H17N5O3S/c1-3-24-14-5-7-15(8-6-14)25(22,23)18-13-4-9-16(12(2)10-13)21-11-17-19-20-21/h4-11,18H,3H2,1-2H3. The van der Waals surface area contributed by atoms with E-state index in [1.807, 2.05) is 13.8 Å². The third kappa shape index (κ3) is 3.77. The molecule has 0 amide bonds. The Morgan fingerprint density at radius 3 is 2.52 bits per heavy atom. The van der Waals surface area contributed by atoms with Gasteiger partial charge in [-0.05, 0) is 72.3 Å². The van der Waals surface area contributed by atoms with Crippen LogP contribution in [0.25, 0.3) is 5.69 Å². The zero-order chi connectivity index (χ0) is 17.9. The highest BCUT2D eigenvalue weighted by molar-refractivity contribution is 7.92. The van der Waals surface area contributed by atoms with Crippen LogP contribution in [0.3, 0.4) is 0 Å². The molecule has 0 atom stereocenters. The van der Waals surface area contributed by atoms with E-state index in [-0.39, 0.29) is 4.90 Å². The van der Waals surface area contributed by atoms with Crippen molar-refractivity contribution in [3.8, 4) is 11.4 Å². The largest absolute Gasteiger partial charge is 0.494 e. The number of hydrogen-bond donors (Lipinski definition) is 1. The van der Waals surface area contributed by atoms with Gasteiger partial charge in [0.15, 0.2) is 0 Å². The van der Waals surface area contributed by atoms with E-state index in [0.717, 1.165) is 11.3 Å². The SMILES string of the molecule is CCOc1ccc(S(=O)(=O)Nc2ccc(-n3cnnn3)c(C)c2)cc1. The van der Waals surface area contributed by atoms with Crippen molar-refractivity contribution < 1.29 is 13.2 Å². The maximum Gasteiger partial charge on any atom is 0.261 e. The van der Waals surface area contributed by atoms with Crippen LogP contribution in [0.4, 0.5) is 5.69 Å². The number of ether oxygens (including phenoxy) is 1. The normalized spacial score (nSPS) is 11.3. The molecule has 3 aromatic rings. The van der Waals surface area contributed by atoms with Crippen molar-refractivity contribution in [1.82, 2.24) is 20.2 Å². The first kappa shape index (κ1) is 16.9. The Bertz CT molecular complexity index is 954. The number of rotatable bonds is 6. The molecule has 0 aliphatic heterocycles. The van der Waals surface area contributed by atoms with E-state index < -0.39 is 10.0 Å². The average Bonchev–Trinajstić information content (AvgIpc) is 3.10. The summed E-state index contributed by atoms with van der Waals surface area (Å²) in [6.45, 7) is 4.25. The smallest absolute Gasteiger partial charge is 0.261 e. The van der Waals surface area contributed by atoms with E-state index in [1.165, 1.54) is 23.1 Å². The molecule has 25 heavy (non-hydrogen) atoms. The summed E-state index contributed by atoms with van der Waals surface area (Å²) in [4.78, 5) is 0.165. The van der Waals surface area contributed by atoms with E-state index in [4.69, 9.17) is 4.74 Å². The van der Waals surface area contributed by atoms with Gasteiger partial charge in [0.05, 0.1) is 17.2 Å². The molecule has 130 valence electrons. The number of benzene rings is 2. The molecule has 0 unspecified atom stereocenters. The molecule has 1 N–H and O–H groups in total. The lowest BCUT2D eigenvalue weighted by Crippen LogP contribution is -2.13. The van der Waals surface area contributed by atoms with Crippen molar-refractivity contribution in [2.75, 3.05) is 11.3 Å². The van der Waals surface area contributed by atoms with Crippen LogP contribution in [0.15, 0.2) is 53.7 Å². The second kappa shape index (κ2) is 6.89. The highest BCUT2D eigenvalue weighted by Gasteiger charge is 2.15. The summed E-state index contributed by atoms with van der Waals surface area (Å²) >= 11 is 0. The molecule has 0 radical (unpaired) electrons. The van der Waals surface area contributed by atoms with E-state index in [1.54, 1.807) is 30.3 Å². The van der Waals surface area contributed by atoms with Gasteiger partial charge in [-0.3, -0.25) is 4.72 Å². The van der Waals surface area contributed by atoms with Crippen LogP contribution >= 0.6 is 0 Å². The number of hydrogen-bond acceptors (Lipinski definition) is 6. The van der Waals surface area contributed by atoms with Gasteiger partial charge < -0.3 is 4.74 Å². The second-order valence-electron chi connectivity index (χ2n) is 5.27. The van der Waals surface area contributed by atoms with Crippen LogP contribution in [0, 0.1) is 6.92 Å². The summed E-state index contributed by atoms with van der Waals surface area (Å²) in [5.74, 6) is 0.628. The predicted molar refractivity (Wildman–Crippen MR) is 92.3 cm³/mol. The molecule has 0 bridgehead atoms. The maximum absolute atomic E-state index is 12.5. The maximum atomic E-state index is 12.5. The number of nitrogens with one attached hydrogen (secondary N) is 1. The van der Waals surface area contributed by atoms with Crippen LogP contribution in [0.5, 0.6) is 5.75 Å². The van der Waals surface area contributed by atoms with Gasteiger partial charge in [0.25, 0.3) is 10.0 Å². The first-order chi connectivity index (χ1) is 12.0. The molecule has 1 aromatic heterocycles. The molecular weight excluding hydrogens is 342 g/mol. The van der Waals surface area contributed by atoms with Gasteiger partial charge in [-0.15, -0.1) is 5.10 Å². The van der Waals surface area contributed by atoms with Crippen molar-refractivity contribution in [2.24, 2.45) is 0 Å². The number of aromatic nitrogens is 4. The average molecular weight is 359 g/mol. The van der Waals surface area contributed by atoms with Crippen LogP contribution in [0.2, 0.25) is 0 Å². The minimum Gasteiger partial charge on any atom is -0.494 e. The third-order valence-electron chi connectivity index (χ3n) is 3.49. The Balaban J connectivity index is 1.82. The molecule has 0 saturated heterocycles. The zero-order valence-electron chi connectivity index (χ0n) is 13.7. The second-order valence-corrected chi connectivity index (χ2v) is 6.95. The lowest BCUT2D eigenvalue weighted by atomic mass is 10.2. The Hall–Kier alpha value is -2.94. The number of anilines is 1. The van der Waals surface area contributed by atoms with Crippen molar-refractivity contribution in [1.29, 1.82) is 0 Å². The van der Waals surface area contributed by atoms with Gasteiger partial charge in [0.1, 0.15) is 12.1 Å². The fraction of sp³-hybridized carbons (Fsp3) is 0.188. The van der Waals surface area contributed by atoms with Crippen molar-refractivity contribution >= 4 is 15.7 Å². The van der Waals surface area contributed by atoms with E-state index >= 15 is 0 Å². The lowest BCUT2D eigenvalue weighted by Gasteiger charge is -2.11. The first-order valence-electron chi connectivity index (χ1n) is 7.59. The summed E-state index contributed by atoms with van der Waals surface area (Å²) in [5.41, 5.74) is 2.07. The Labute approximate surface area is 145 Å². The molecule has 0 fully saturated rings. The van der Waals surface area contributed by atoms with E-state index in [2.05, 4.69) is 20.2 Å². The van der Waals surface area contributed by atoms with Crippen molar-refractivity contribution in [3.63, 3.8) is 0 Å². The molecule has 2 aromatic carbocycles. The van der Waals surface area contributed by atoms with Gasteiger partial charge in [-0.1, -0.05) is 0 Å². The van der Waals surface area contributed by atoms with Crippen molar-refractivity contribution in [3.05, 3.63) is 54.4 Å². The molecule has 0 aliphatic rings. The molecular formula is C16H17N5O3S. The number of nitrogens with zero attached hydrogens (tertiary/aromatic N) is 4. The van der Waals surface area contributed by atoms with E-state index in [9.17, 15) is 8.42 Å². The number of tetrazole rings is 1. The lowest BCUT2D eigenvalue weighted by molar-refractivity contribution is 0.340. The predicted octanol–water partition coefficient (Wildman–Crippen LogP) is 2.17. The Morgan fingerprint density at radius 1 is 1.16 bits per heavy atom. The monoisotopic (exact) mass is 359 g/mol. The first-order valence-corrected chi connectivity index (χ1v) is 9.07. The van der Waals surface area contributed by atoms with Crippen LogP contribution < -0.4 is 9.46 Å². The van der Waals surface area contributed by atoms with Crippen LogP contribution in [-0.4, -0.2) is 35.2 Å². The van der Waals surface area contributed by atoms with Crippen LogP contribution in [0.1, 0.15) is 12.5 Å². The summed E-state index contributed by atoms with van der Waals surface area (Å²) < 4.78 is 34.4. The molecule has 0 saturated carbocycles. The van der Waals surface area contributed by atoms with E-state index in [0.29, 0.717) is 18.0 Å². The van der Waals surface area contributed by atoms with Gasteiger partial charge in [0.2, 0.25) is 0 Å². The fourth-order valence-corrected chi connectivity index (χ4v) is 3.39. The molecule has 0 spiro atoms. The molecule has 9 heteroatoms. The minimum atomic E-state index is -3.68. The molecule has 0 aliphatic carbocycles. The number of aryl methyl sites for hydroxylation is 1. The van der Waals surface area contributed by atoms with Gasteiger partial charge >= 0.3 is 0 Å². The zero-order valence-corrected chi connectivity index (χ0v) is 14.6. The molecule has 1 heterocycles. The Kier molecular flexibility index (Phi) is 4.66. The fourth-order valence-electron chi connectivity index (χ4n) is 2.34. The molecule has 3 rings (SSSR count). The summed E-state index contributed by atoms with van der Waals surface area (Å²) in [7, 11) is -3.68. The van der Waals surface area contributed by atoms with Gasteiger partial charge in [-0.25, -0.2) is 13.1 Å². The highest BCUT2D eigenvalue weighted by atomic mass is 32.2. The highest BCUT2D eigenvalue weighted by Crippen LogP contribution is 2.22. The van der Waals surface area contributed by atoms with Crippen LogP contribution in [-0.2, 0) is 10.0 Å². The summed E-state index contributed by atoms with van der Waals surface area (Å²) in [6.07, 6.45) is 1.48. The Morgan fingerprint density at radius 2 is 1.92 bits per heavy atom. The number of sulfonamides is 1. The van der Waals surface area contributed by atoms with Gasteiger partial charge in [-0.2, -0.15) is 0 Å². The topological polar surface area (TPSA) is 99.0 Å². The minimum absolute atomic E-state index is 0.165. The van der Waals surface area contributed by atoms with Gasteiger partial charge in [0, 0.05) is 5.69 Å².